The van der Waals surface area contributed by atoms with Crippen molar-refractivity contribution in [2.75, 3.05) is 26.9 Å². The van der Waals surface area contributed by atoms with Crippen LogP contribution in [0.1, 0.15) is 6.42 Å². The molecule has 2 N–H and O–H groups in total. The largest absolute Gasteiger partial charge is 0.395 e. The van der Waals surface area contributed by atoms with E-state index in [-0.39, 0.29) is 19.0 Å². The molecule has 1 heterocycles. The molecule has 68 valence electrons. The molecular weight excluding hydrogens is 166 g/mol. The summed E-state index contributed by atoms with van der Waals surface area (Å²) in [5, 5.41) is 12.0. The number of nitrogens with one attached hydrogen (secondary N) is 1. The monoisotopic (exact) mass is 181 g/mol. The zero-order valence-corrected chi connectivity index (χ0v) is 7.56. The van der Waals surface area contributed by atoms with E-state index in [0.717, 1.165) is 19.6 Å². The molecule has 0 unspecified atom stereocenters. The minimum Gasteiger partial charge on any atom is -0.395 e. The number of rotatable bonds is 3. The van der Waals surface area contributed by atoms with Gasteiger partial charge >= 0.3 is 0 Å². The Morgan fingerprint density at radius 2 is 2.36 bits per heavy atom. The number of methoxy groups -OCH3 is 1. The van der Waals surface area contributed by atoms with Gasteiger partial charge in [-0.1, -0.05) is 0 Å². The molecule has 0 aliphatic carbocycles. The average molecular weight is 182 g/mol. The Hall–Kier alpha value is 0.170. The fraction of sp³-hybridized carbons (Fsp3) is 1.00. The van der Waals surface area contributed by atoms with Gasteiger partial charge in [-0.05, 0) is 12.3 Å². The molecule has 1 rings (SSSR count). The van der Waals surface area contributed by atoms with E-state index in [1.165, 1.54) is 0 Å². The molecule has 0 radical (unpaired) electrons. The van der Waals surface area contributed by atoms with Gasteiger partial charge < -0.3 is 15.2 Å². The Morgan fingerprint density at radius 3 is 2.82 bits per heavy atom. The van der Waals surface area contributed by atoms with Crippen LogP contribution in [-0.4, -0.2) is 38.0 Å². The predicted octanol–water partition coefficient (Wildman–Crippen LogP) is 0.0250. The zero-order chi connectivity index (χ0) is 7.40. The van der Waals surface area contributed by atoms with Gasteiger partial charge in [-0.3, -0.25) is 0 Å². The molecule has 0 aromatic carbocycles. The van der Waals surface area contributed by atoms with Crippen molar-refractivity contribution >= 4 is 12.4 Å². The SMILES string of the molecule is COC[C@@H]1CN[C@H](CO)C1.Cl. The number of aliphatic hydroxyl groups excluding tert-OH is 1. The van der Waals surface area contributed by atoms with Crippen LogP contribution in [0.3, 0.4) is 0 Å². The highest BCUT2D eigenvalue weighted by Crippen LogP contribution is 2.12. The standard InChI is InChI=1S/C7H15NO2.ClH/c1-10-5-6-2-7(4-9)8-3-6;/h6-9H,2-5H2,1H3;1H/t6-,7-;/m0./s1. The number of ether oxygens (including phenoxy) is 1. The molecule has 1 saturated heterocycles. The minimum atomic E-state index is 0. The van der Waals surface area contributed by atoms with E-state index < -0.39 is 0 Å². The van der Waals surface area contributed by atoms with E-state index in [1.54, 1.807) is 7.11 Å². The van der Waals surface area contributed by atoms with E-state index >= 15 is 0 Å². The Kier molecular flexibility index (Phi) is 5.86. The molecule has 0 aromatic rings. The van der Waals surface area contributed by atoms with E-state index in [1.807, 2.05) is 0 Å². The number of hydrogen-bond acceptors (Lipinski definition) is 3. The van der Waals surface area contributed by atoms with Gasteiger partial charge in [0.1, 0.15) is 0 Å². The molecule has 1 aliphatic rings. The fourth-order valence-corrected chi connectivity index (χ4v) is 1.40. The highest BCUT2D eigenvalue weighted by Gasteiger charge is 2.22. The number of aliphatic hydroxyl groups is 1. The first kappa shape index (κ1) is 11.2. The highest BCUT2D eigenvalue weighted by atomic mass is 35.5. The summed E-state index contributed by atoms with van der Waals surface area (Å²) in [4.78, 5) is 0. The summed E-state index contributed by atoms with van der Waals surface area (Å²) in [7, 11) is 1.71. The van der Waals surface area contributed by atoms with Crippen molar-refractivity contribution in [3.05, 3.63) is 0 Å². The van der Waals surface area contributed by atoms with Gasteiger partial charge in [0.25, 0.3) is 0 Å². The Balaban J connectivity index is 0.000001000. The van der Waals surface area contributed by atoms with Crippen LogP contribution in [0.4, 0.5) is 0 Å². The second-order valence-corrected chi connectivity index (χ2v) is 2.84. The molecule has 1 fully saturated rings. The Morgan fingerprint density at radius 1 is 1.64 bits per heavy atom. The lowest BCUT2D eigenvalue weighted by molar-refractivity contribution is 0.157. The number of hydrogen-bond donors (Lipinski definition) is 2. The van der Waals surface area contributed by atoms with Gasteiger partial charge in [-0.2, -0.15) is 0 Å². The number of halogens is 1. The molecule has 11 heavy (non-hydrogen) atoms. The molecule has 3 nitrogen and oxygen atoms in total. The summed E-state index contributed by atoms with van der Waals surface area (Å²) in [6.07, 6.45) is 1.05. The second-order valence-electron chi connectivity index (χ2n) is 2.84. The zero-order valence-electron chi connectivity index (χ0n) is 6.75. The van der Waals surface area contributed by atoms with Crippen molar-refractivity contribution in [2.24, 2.45) is 5.92 Å². The van der Waals surface area contributed by atoms with Crippen molar-refractivity contribution in [1.29, 1.82) is 0 Å². The first-order valence-corrected chi connectivity index (χ1v) is 3.70. The Labute approximate surface area is 73.5 Å². The lowest BCUT2D eigenvalue weighted by Gasteiger charge is -2.05. The lowest BCUT2D eigenvalue weighted by atomic mass is 10.1. The van der Waals surface area contributed by atoms with Crippen molar-refractivity contribution in [3.63, 3.8) is 0 Å². The summed E-state index contributed by atoms with van der Waals surface area (Å²) in [5.41, 5.74) is 0. The maximum atomic E-state index is 8.75. The van der Waals surface area contributed by atoms with Crippen LogP contribution in [0.2, 0.25) is 0 Å². The quantitative estimate of drug-likeness (QED) is 0.646. The summed E-state index contributed by atoms with van der Waals surface area (Å²) >= 11 is 0. The average Bonchev–Trinajstić information content (AvgIpc) is 2.37. The van der Waals surface area contributed by atoms with Crippen LogP contribution >= 0.6 is 12.4 Å². The van der Waals surface area contributed by atoms with E-state index in [4.69, 9.17) is 9.84 Å². The summed E-state index contributed by atoms with van der Waals surface area (Å²) < 4.78 is 5.00. The first-order valence-electron chi connectivity index (χ1n) is 3.70. The van der Waals surface area contributed by atoms with Crippen LogP contribution in [0.15, 0.2) is 0 Å². The summed E-state index contributed by atoms with van der Waals surface area (Å²) in [6.45, 7) is 2.04. The normalized spacial score (nSPS) is 30.0. The van der Waals surface area contributed by atoms with Crippen molar-refractivity contribution in [1.82, 2.24) is 5.32 Å². The van der Waals surface area contributed by atoms with E-state index in [2.05, 4.69) is 5.32 Å². The highest BCUT2D eigenvalue weighted by molar-refractivity contribution is 5.85. The second kappa shape index (κ2) is 5.77. The third-order valence-electron chi connectivity index (χ3n) is 1.94. The van der Waals surface area contributed by atoms with Crippen LogP contribution in [0, 0.1) is 5.92 Å². The van der Waals surface area contributed by atoms with Crippen LogP contribution in [-0.2, 0) is 4.74 Å². The van der Waals surface area contributed by atoms with Gasteiger partial charge in [-0.25, -0.2) is 0 Å². The van der Waals surface area contributed by atoms with Crippen LogP contribution < -0.4 is 5.32 Å². The van der Waals surface area contributed by atoms with Gasteiger partial charge in [0.2, 0.25) is 0 Å². The molecule has 4 heteroatoms. The topological polar surface area (TPSA) is 41.5 Å². The molecule has 0 spiro atoms. The van der Waals surface area contributed by atoms with Gasteiger partial charge in [0.05, 0.1) is 13.2 Å². The first-order chi connectivity index (χ1) is 4.86. The minimum absolute atomic E-state index is 0. The molecule has 2 atom stereocenters. The lowest BCUT2D eigenvalue weighted by Crippen LogP contribution is -2.24. The van der Waals surface area contributed by atoms with Crippen molar-refractivity contribution in [3.8, 4) is 0 Å². The van der Waals surface area contributed by atoms with Gasteiger partial charge in [0, 0.05) is 19.7 Å². The smallest absolute Gasteiger partial charge is 0.0584 e. The molecule has 0 saturated carbocycles. The summed E-state index contributed by atoms with van der Waals surface area (Å²) in [6, 6.07) is 0.306. The molecule has 0 amide bonds. The van der Waals surface area contributed by atoms with E-state index in [0.29, 0.717) is 12.0 Å². The molecule has 1 aliphatic heterocycles. The van der Waals surface area contributed by atoms with Crippen molar-refractivity contribution in [2.45, 2.75) is 12.5 Å². The molecular formula is C7H16ClNO2. The molecule has 0 aromatic heterocycles. The Bertz CT molecular complexity index is 102. The fourth-order valence-electron chi connectivity index (χ4n) is 1.40. The third-order valence-corrected chi connectivity index (χ3v) is 1.94. The summed E-state index contributed by atoms with van der Waals surface area (Å²) in [5.74, 6) is 0.599. The van der Waals surface area contributed by atoms with Crippen molar-refractivity contribution < 1.29 is 9.84 Å². The van der Waals surface area contributed by atoms with Crippen LogP contribution in [0.25, 0.3) is 0 Å². The predicted molar refractivity (Wildman–Crippen MR) is 46.1 cm³/mol. The van der Waals surface area contributed by atoms with Gasteiger partial charge in [0.15, 0.2) is 0 Å². The molecule has 0 bridgehead atoms. The van der Waals surface area contributed by atoms with Crippen LogP contribution in [0.5, 0.6) is 0 Å². The van der Waals surface area contributed by atoms with Gasteiger partial charge in [-0.15, -0.1) is 12.4 Å². The maximum Gasteiger partial charge on any atom is 0.0584 e. The third kappa shape index (κ3) is 3.38. The maximum absolute atomic E-state index is 8.75. The van der Waals surface area contributed by atoms with E-state index in [9.17, 15) is 0 Å².